The minimum absolute atomic E-state index is 0.0278. The summed E-state index contributed by atoms with van der Waals surface area (Å²) in [5.74, 6) is -1.78. The summed E-state index contributed by atoms with van der Waals surface area (Å²) in [7, 11) is 0. The first-order valence-corrected chi connectivity index (χ1v) is 9.16. The molecule has 2 aromatic rings. The summed E-state index contributed by atoms with van der Waals surface area (Å²) in [6.45, 7) is 8.08. The average Bonchev–Trinajstić information content (AvgIpc) is 2.64. The SMILES string of the molecule is CC(=O)Oc1ccc(CCC(=O)O)cc1OC(C)=O.Cc1nc(C)c(CO)nc1C. The van der Waals surface area contributed by atoms with Gasteiger partial charge in [0, 0.05) is 20.3 Å². The van der Waals surface area contributed by atoms with E-state index < -0.39 is 17.9 Å². The lowest BCUT2D eigenvalue weighted by Gasteiger charge is -2.10. The van der Waals surface area contributed by atoms with Gasteiger partial charge in [-0.3, -0.25) is 24.4 Å². The molecule has 0 radical (unpaired) electrons. The van der Waals surface area contributed by atoms with Crippen LogP contribution < -0.4 is 9.47 Å². The maximum atomic E-state index is 11.0. The Bertz CT molecular complexity index is 926. The number of hydrogen-bond donors (Lipinski definition) is 2. The van der Waals surface area contributed by atoms with Crippen molar-refractivity contribution in [2.24, 2.45) is 0 Å². The Hall–Kier alpha value is -3.33. The van der Waals surface area contributed by atoms with Gasteiger partial charge in [-0.15, -0.1) is 0 Å². The minimum atomic E-state index is -0.918. The van der Waals surface area contributed by atoms with Gasteiger partial charge in [-0.1, -0.05) is 6.07 Å². The molecule has 0 spiro atoms. The molecule has 1 heterocycles. The molecule has 0 atom stereocenters. The number of carbonyl (C=O) groups is 3. The number of aliphatic hydroxyl groups is 1. The third-order valence-corrected chi connectivity index (χ3v) is 3.87. The number of esters is 2. The topological polar surface area (TPSA) is 136 Å². The number of ether oxygens (including phenoxy) is 2. The number of rotatable bonds is 6. The standard InChI is InChI=1S/C13H14O6.C8H12N2O/c1-8(14)18-11-5-3-10(4-6-13(16)17)7-12(11)19-9(2)15;1-5-6(2)10-8(4-11)7(3)9-5/h3,5,7H,4,6H2,1-2H3,(H,16,17);11H,4H2,1-3H3. The number of hydrogen-bond acceptors (Lipinski definition) is 8. The van der Waals surface area contributed by atoms with E-state index in [1.807, 2.05) is 20.8 Å². The van der Waals surface area contributed by atoms with Crippen LogP contribution in [0.25, 0.3) is 0 Å². The molecule has 9 heteroatoms. The van der Waals surface area contributed by atoms with Crippen LogP contribution in [0.1, 0.15) is 48.6 Å². The third-order valence-electron chi connectivity index (χ3n) is 3.87. The monoisotopic (exact) mass is 418 g/mol. The predicted molar refractivity (Wildman–Crippen MR) is 107 cm³/mol. The molecule has 0 amide bonds. The number of aromatic nitrogens is 2. The van der Waals surface area contributed by atoms with E-state index in [4.69, 9.17) is 19.7 Å². The lowest BCUT2D eigenvalue weighted by Crippen LogP contribution is -2.07. The van der Waals surface area contributed by atoms with Crippen LogP contribution in [0.15, 0.2) is 18.2 Å². The molecule has 0 saturated heterocycles. The second-order valence-corrected chi connectivity index (χ2v) is 6.45. The molecular weight excluding hydrogens is 392 g/mol. The number of nitrogens with zero attached hydrogens (tertiary/aromatic N) is 2. The van der Waals surface area contributed by atoms with E-state index in [0.717, 1.165) is 17.1 Å². The Kier molecular flexibility index (Phi) is 9.57. The van der Waals surface area contributed by atoms with E-state index in [9.17, 15) is 14.4 Å². The lowest BCUT2D eigenvalue weighted by atomic mass is 10.1. The highest BCUT2D eigenvalue weighted by molar-refractivity contribution is 5.74. The number of carboxylic acids is 1. The number of benzene rings is 1. The summed E-state index contributed by atoms with van der Waals surface area (Å²) in [5, 5.41) is 17.4. The molecule has 0 bridgehead atoms. The first-order valence-electron chi connectivity index (χ1n) is 9.16. The van der Waals surface area contributed by atoms with Crippen molar-refractivity contribution in [3.8, 4) is 11.5 Å². The molecule has 9 nitrogen and oxygen atoms in total. The van der Waals surface area contributed by atoms with Gasteiger partial charge in [0.05, 0.1) is 29.4 Å². The van der Waals surface area contributed by atoms with Crippen molar-refractivity contribution in [3.63, 3.8) is 0 Å². The second kappa shape index (κ2) is 11.6. The summed E-state index contributed by atoms with van der Waals surface area (Å²) >= 11 is 0. The number of aliphatic carboxylic acids is 1. The van der Waals surface area contributed by atoms with Crippen LogP contribution in [0.5, 0.6) is 11.5 Å². The van der Waals surface area contributed by atoms with Gasteiger partial charge in [0.1, 0.15) is 0 Å². The van der Waals surface area contributed by atoms with E-state index in [2.05, 4.69) is 9.97 Å². The number of aryl methyl sites for hydroxylation is 4. The molecule has 0 aliphatic carbocycles. The maximum absolute atomic E-state index is 11.0. The maximum Gasteiger partial charge on any atom is 0.308 e. The van der Waals surface area contributed by atoms with Gasteiger partial charge in [0.2, 0.25) is 0 Å². The fourth-order valence-corrected chi connectivity index (χ4v) is 2.34. The zero-order valence-electron chi connectivity index (χ0n) is 17.7. The molecule has 30 heavy (non-hydrogen) atoms. The Morgan fingerprint density at radius 2 is 1.47 bits per heavy atom. The van der Waals surface area contributed by atoms with Gasteiger partial charge in [-0.05, 0) is 44.9 Å². The second-order valence-electron chi connectivity index (χ2n) is 6.45. The first-order chi connectivity index (χ1) is 14.0. The molecule has 162 valence electrons. The molecule has 0 saturated carbocycles. The fraction of sp³-hybridized carbons (Fsp3) is 0.381. The van der Waals surface area contributed by atoms with E-state index in [-0.39, 0.29) is 24.5 Å². The van der Waals surface area contributed by atoms with Gasteiger partial charge in [0.15, 0.2) is 11.5 Å². The molecule has 2 N–H and O–H groups in total. The third kappa shape index (κ3) is 8.36. The first kappa shape index (κ1) is 24.7. The molecule has 0 aliphatic rings. The Morgan fingerprint density at radius 3 is 2.00 bits per heavy atom. The van der Waals surface area contributed by atoms with Crippen molar-refractivity contribution >= 4 is 17.9 Å². The van der Waals surface area contributed by atoms with Crippen LogP contribution in [0, 0.1) is 20.8 Å². The quantitative estimate of drug-likeness (QED) is 0.535. The highest BCUT2D eigenvalue weighted by Gasteiger charge is 2.11. The summed E-state index contributed by atoms with van der Waals surface area (Å²) in [6.07, 6.45) is 0.260. The number of aliphatic hydroxyl groups excluding tert-OH is 1. The van der Waals surface area contributed by atoms with Crippen LogP contribution in [-0.2, 0) is 27.4 Å². The predicted octanol–water partition coefficient (Wildman–Crippen LogP) is 2.45. The molecule has 0 fully saturated rings. The van der Waals surface area contributed by atoms with E-state index >= 15 is 0 Å². The smallest absolute Gasteiger partial charge is 0.308 e. The van der Waals surface area contributed by atoms with E-state index in [1.165, 1.54) is 26.0 Å². The van der Waals surface area contributed by atoms with Crippen LogP contribution in [0.3, 0.4) is 0 Å². The largest absolute Gasteiger partial charge is 0.481 e. The molecule has 1 aromatic carbocycles. The zero-order chi connectivity index (χ0) is 22.8. The Balaban J connectivity index is 0.000000346. The minimum Gasteiger partial charge on any atom is -0.481 e. The van der Waals surface area contributed by atoms with Crippen molar-refractivity contribution < 1.29 is 34.1 Å². The summed E-state index contributed by atoms with van der Waals surface area (Å²) < 4.78 is 9.82. The van der Waals surface area contributed by atoms with Crippen molar-refractivity contribution in [2.75, 3.05) is 0 Å². The van der Waals surface area contributed by atoms with Crippen LogP contribution in [0.4, 0.5) is 0 Å². The fourth-order valence-electron chi connectivity index (χ4n) is 2.34. The van der Waals surface area contributed by atoms with Crippen molar-refractivity contribution in [1.29, 1.82) is 0 Å². The number of carbonyl (C=O) groups excluding carboxylic acids is 2. The van der Waals surface area contributed by atoms with Crippen LogP contribution in [0.2, 0.25) is 0 Å². The zero-order valence-corrected chi connectivity index (χ0v) is 17.7. The summed E-state index contributed by atoms with van der Waals surface area (Å²) in [5.41, 5.74) is 3.98. The van der Waals surface area contributed by atoms with Crippen LogP contribution in [-0.4, -0.2) is 38.1 Å². The van der Waals surface area contributed by atoms with Gasteiger partial charge in [0.25, 0.3) is 0 Å². The summed E-state index contributed by atoms with van der Waals surface area (Å²) in [4.78, 5) is 40.8. The molecule has 1 aromatic heterocycles. The molecular formula is C21H26N2O7. The van der Waals surface area contributed by atoms with Gasteiger partial charge >= 0.3 is 17.9 Å². The van der Waals surface area contributed by atoms with Crippen molar-refractivity contribution in [1.82, 2.24) is 9.97 Å². The molecule has 0 unspecified atom stereocenters. The molecule has 2 rings (SSSR count). The number of carboxylic acid groups (broad SMARTS) is 1. The van der Waals surface area contributed by atoms with Crippen molar-refractivity contribution in [2.45, 2.75) is 54.1 Å². The summed E-state index contributed by atoms with van der Waals surface area (Å²) in [6, 6.07) is 4.58. The average molecular weight is 418 g/mol. The normalized spacial score (nSPS) is 9.93. The van der Waals surface area contributed by atoms with Gasteiger partial charge in [-0.2, -0.15) is 0 Å². The van der Waals surface area contributed by atoms with Gasteiger partial charge < -0.3 is 19.7 Å². The van der Waals surface area contributed by atoms with E-state index in [1.54, 1.807) is 6.07 Å². The highest BCUT2D eigenvalue weighted by atomic mass is 16.6. The van der Waals surface area contributed by atoms with Crippen LogP contribution >= 0.6 is 0 Å². The van der Waals surface area contributed by atoms with Gasteiger partial charge in [-0.25, -0.2) is 0 Å². The Morgan fingerprint density at radius 1 is 0.900 bits per heavy atom. The van der Waals surface area contributed by atoms with Crippen molar-refractivity contribution in [3.05, 3.63) is 46.5 Å². The lowest BCUT2D eigenvalue weighted by molar-refractivity contribution is -0.137. The highest BCUT2D eigenvalue weighted by Crippen LogP contribution is 2.29. The Labute approximate surface area is 174 Å². The van der Waals surface area contributed by atoms with E-state index in [0.29, 0.717) is 17.7 Å². The molecule has 0 aliphatic heterocycles.